The number of rotatable bonds is 0. The lowest BCUT2D eigenvalue weighted by Crippen LogP contribution is -2.34. The molecule has 1 saturated carbocycles. The number of hydrogen-bond donors (Lipinski definition) is 1. The Balaban J connectivity index is 2.09. The Morgan fingerprint density at radius 2 is 2.36 bits per heavy atom. The molecule has 3 heteroatoms. The van der Waals surface area contributed by atoms with Crippen molar-refractivity contribution >= 4 is 11.8 Å². The standard InChI is InChI=1S/C8H14O2S/c9-8-4-1-3-7(8)10-5-2-6-11-8/h7,9H,1-6H2. The van der Waals surface area contributed by atoms with E-state index in [0.717, 1.165) is 38.0 Å². The van der Waals surface area contributed by atoms with Crippen LogP contribution in [0.4, 0.5) is 0 Å². The van der Waals surface area contributed by atoms with Crippen LogP contribution in [-0.4, -0.2) is 28.5 Å². The van der Waals surface area contributed by atoms with Crippen LogP contribution in [0.3, 0.4) is 0 Å². The highest BCUT2D eigenvalue weighted by atomic mass is 32.2. The Morgan fingerprint density at radius 1 is 1.45 bits per heavy atom. The number of hydrogen-bond acceptors (Lipinski definition) is 3. The van der Waals surface area contributed by atoms with Crippen LogP contribution < -0.4 is 0 Å². The van der Waals surface area contributed by atoms with E-state index in [2.05, 4.69) is 0 Å². The maximum atomic E-state index is 10.0. The molecular formula is C8H14O2S. The average Bonchev–Trinajstić information content (AvgIpc) is 2.24. The van der Waals surface area contributed by atoms with Crippen LogP contribution in [0.25, 0.3) is 0 Å². The van der Waals surface area contributed by atoms with Gasteiger partial charge >= 0.3 is 0 Å². The first kappa shape index (κ1) is 7.90. The molecule has 0 spiro atoms. The summed E-state index contributed by atoms with van der Waals surface area (Å²) >= 11 is 1.69. The van der Waals surface area contributed by atoms with E-state index < -0.39 is 4.93 Å². The van der Waals surface area contributed by atoms with Gasteiger partial charge < -0.3 is 9.84 Å². The third-order valence-electron chi connectivity index (χ3n) is 2.46. The van der Waals surface area contributed by atoms with Crippen LogP contribution in [0.5, 0.6) is 0 Å². The quantitative estimate of drug-likeness (QED) is 0.601. The van der Waals surface area contributed by atoms with Gasteiger partial charge in [0.15, 0.2) is 0 Å². The van der Waals surface area contributed by atoms with Crippen molar-refractivity contribution in [3.8, 4) is 0 Å². The minimum atomic E-state index is -0.531. The third-order valence-corrected chi connectivity index (χ3v) is 3.92. The zero-order valence-corrected chi connectivity index (χ0v) is 7.40. The van der Waals surface area contributed by atoms with Crippen LogP contribution in [0, 0.1) is 0 Å². The van der Waals surface area contributed by atoms with E-state index in [4.69, 9.17) is 4.74 Å². The molecule has 11 heavy (non-hydrogen) atoms. The van der Waals surface area contributed by atoms with E-state index in [1.165, 1.54) is 0 Å². The molecule has 2 unspecified atom stereocenters. The van der Waals surface area contributed by atoms with Gasteiger partial charge in [-0.1, -0.05) is 0 Å². The van der Waals surface area contributed by atoms with Crippen LogP contribution in [-0.2, 0) is 4.74 Å². The fourth-order valence-corrected chi connectivity index (χ4v) is 3.12. The summed E-state index contributed by atoms with van der Waals surface area (Å²) in [6.45, 7) is 0.833. The lowest BCUT2D eigenvalue weighted by molar-refractivity contribution is -0.0320. The fourth-order valence-electron chi connectivity index (χ4n) is 1.84. The number of fused-ring (bicyclic) bond motifs is 1. The molecule has 1 aliphatic carbocycles. The molecule has 2 fully saturated rings. The lowest BCUT2D eigenvalue weighted by Gasteiger charge is -2.26. The number of ether oxygens (including phenoxy) is 1. The smallest absolute Gasteiger partial charge is 0.136 e. The van der Waals surface area contributed by atoms with Gasteiger partial charge in [-0.05, 0) is 31.4 Å². The molecule has 1 aliphatic heterocycles. The predicted molar refractivity (Wildman–Crippen MR) is 45.6 cm³/mol. The predicted octanol–water partition coefficient (Wildman–Crippen LogP) is 1.38. The van der Waals surface area contributed by atoms with Crippen molar-refractivity contribution in [3.63, 3.8) is 0 Å². The van der Waals surface area contributed by atoms with E-state index in [0.29, 0.717) is 0 Å². The molecular weight excluding hydrogens is 160 g/mol. The summed E-state index contributed by atoms with van der Waals surface area (Å²) in [7, 11) is 0. The molecule has 0 aromatic heterocycles. The molecule has 0 bridgehead atoms. The summed E-state index contributed by atoms with van der Waals surface area (Å²) < 4.78 is 5.56. The van der Waals surface area contributed by atoms with Gasteiger partial charge in [-0.15, -0.1) is 11.8 Å². The molecule has 0 aromatic rings. The maximum Gasteiger partial charge on any atom is 0.136 e. The molecule has 2 atom stereocenters. The molecule has 2 aliphatic rings. The van der Waals surface area contributed by atoms with E-state index in [1.807, 2.05) is 0 Å². The molecule has 1 saturated heterocycles. The minimum Gasteiger partial charge on any atom is -0.377 e. The van der Waals surface area contributed by atoms with E-state index in [9.17, 15) is 5.11 Å². The molecule has 64 valence electrons. The van der Waals surface area contributed by atoms with Crippen LogP contribution in [0.2, 0.25) is 0 Å². The van der Waals surface area contributed by atoms with Crippen molar-refractivity contribution in [1.29, 1.82) is 0 Å². The van der Waals surface area contributed by atoms with E-state index in [1.54, 1.807) is 11.8 Å². The summed E-state index contributed by atoms with van der Waals surface area (Å²) in [5.74, 6) is 1.05. The SMILES string of the molecule is OC12CCCC1OCCCS2. The first-order chi connectivity index (χ1) is 5.31. The molecule has 1 N–H and O–H groups in total. The Kier molecular flexibility index (Phi) is 2.12. The molecule has 0 amide bonds. The molecule has 1 heterocycles. The van der Waals surface area contributed by atoms with E-state index >= 15 is 0 Å². The lowest BCUT2D eigenvalue weighted by atomic mass is 10.2. The summed E-state index contributed by atoms with van der Waals surface area (Å²) in [4.78, 5) is -0.531. The highest BCUT2D eigenvalue weighted by Gasteiger charge is 2.43. The second-order valence-corrected chi connectivity index (χ2v) is 4.70. The molecule has 0 aromatic carbocycles. The summed E-state index contributed by atoms with van der Waals surface area (Å²) in [6, 6.07) is 0. The van der Waals surface area contributed by atoms with Gasteiger partial charge in [-0.25, -0.2) is 0 Å². The number of aliphatic hydroxyl groups is 1. The monoisotopic (exact) mass is 174 g/mol. The van der Waals surface area contributed by atoms with Crippen molar-refractivity contribution in [2.24, 2.45) is 0 Å². The van der Waals surface area contributed by atoms with Crippen molar-refractivity contribution < 1.29 is 9.84 Å². The van der Waals surface area contributed by atoms with Gasteiger partial charge in [-0.3, -0.25) is 0 Å². The first-order valence-electron chi connectivity index (χ1n) is 4.29. The topological polar surface area (TPSA) is 29.5 Å². The molecule has 0 radical (unpaired) electrons. The Bertz CT molecular complexity index is 151. The first-order valence-corrected chi connectivity index (χ1v) is 5.28. The van der Waals surface area contributed by atoms with E-state index in [-0.39, 0.29) is 6.10 Å². The Morgan fingerprint density at radius 3 is 3.27 bits per heavy atom. The van der Waals surface area contributed by atoms with Crippen LogP contribution in [0.1, 0.15) is 25.7 Å². The zero-order chi connectivity index (χ0) is 7.73. The summed E-state index contributed by atoms with van der Waals surface area (Å²) in [5, 5.41) is 10.0. The van der Waals surface area contributed by atoms with Gasteiger partial charge in [0.25, 0.3) is 0 Å². The second kappa shape index (κ2) is 2.96. The van der Waals surface area contributed by atoms with Gasteiger partial charge in [0.1, 0.15) is 4.93 Å². The largest absolute Gasteiger partial charge is 0.377 e. The normalized spacial score (nSPS) is 45.0. The fraction of sp³-hybridized carbons (Fsp3) is 1.00. The minimum absolute atomic E-state index is 0.120. The van der Waals surface area contributed by atoms with Gasteiger partial charge in [-0.2, -0.15) is 0 Å². The van der Waals surface area contributed by atoms with Crippen molar-refractivity contribution in [2.75, 3.05) is 12.4 Å². The average molecular weight is 174 g/mol. The Labute approximate surface area is 71.3 Å². The van der Waals surface area contributed by atoms with Crippen molar-refractivity contribution in [1.82, 2.24) is 0 Å². The highest BCUT2D eigenvalue weighted by molar-refractivity contribution is 8.00. The summed E-state index contributed by atoms with van der Waals surface area (Å²) in [6.07, 6.45) is 4.29. The Hall–Kier alpha value is 0.270. The van der Waals surface area contributed by atoms with Gasteiger partial charge in [0, 0.05) is 6.61 Å². The highest BCUT2D eigenvalue weighted by Crippen LogP contribution is 2.42. The van der Waals surface area contributed by atoms with Crippen LogP contribution in [0.15, 0.2) is 0 Å². The van der Waals surface area contributed by atoms with Crippen LogP contribution >= 0.6 is 11.8 Å². The molecule has 2 nitrogen and oxygen atoms in total. The molecule has 2 rings (SSSR count). The van der Waals surface area contributed by atoms with Crippen molar-refractivity contribution in [3.05, 3.63) is 0 Å². The summed E-state index contributed by atoms with van der Waals surface area (Å²) in [5.41, 5.74) is 0. The number of thioether (sulfide) groups is 1. The zero-order valence-electron chi connectivity index (χ0n) is 6.58. The third kappa shape index (κ3) is 1.42. The van der Waals surface area contributed by atoms with Crippen molar-refractivity contribution in [2.45, 2.75) is 36.7 Å². The second-order valence-electron chi connectivity index (χ2n) is 3.30. The maximum absolute atomic E-state index is 10.0. The van der Waals surface area contributed by atoms with Gasteiger partial charge in [0.05, 0.1) is 6.10 Å². The van der Waals surface area contributed by atoms with Gasteiger partial charge in [0.2, 0.25) is 0 Å².